The zero-order valence-corrected chi connectivity index (χ0v) is 9.67. The number of thioether (sulfide) groups is 1. The van der Waals surface area contributed by atoms with E-state index in [1.165, 1.54) is 18.4 Å². The molecular weight excluding hydrogens is 224 g/mol. The molecule has 5 heteroatoms. The predicted octanol–water partition coefficient (Wildman–Crippen LogP) is 2.09. The van der Waals surface area contributed by atoms with Crippen LogP contribution in [0.15, 0.2) is 18.3 Å². The molecule has 1 saturated heterocycles. The molecular formula is C11H14N2O2S. The van der Waals surface area contributed by atoms with Crippen LogP contribution < -0.4 is 5.32 Å². The Bertz CT molecular complexity index is 378. The molecule has 0 aliphatic carbocycles. The molecule has 86 valence electrons. The minimum atomic E-state index is -0.985. The van der Waals surface area contributed by atoms with Gasteiger partial charge in [0.05, 0.1) is 0 Å². The van der Waals surface area contributed by atoms with Crippen LogP contribution >= 0.6 is 11.8 Å². The van der Waals surface area contributed by atoms with Crippen LogP contribution in [-0.2, 0) is 0 Å². The van der Waals surface area contributed by atoms with Gasteiger partial charge in [-0.3, -0.25) is 0 Å². The molecule has 0 spiro atoms. The van der Waals surface area contributed by atoms with Crippen molar-refractivity contribution in [2.24, 2.45) is 0 Å². The van der Waals surface area contributed by atoms with E-state index in [0.29, 0.717) is 6.04 Å². The maximum absolute atomic E-state index is 10.8. The van der Waals surface area contributed by atoms with Crippen LogP contribution in [0.5, 0.6) is 0 Å². The van der Waals surface area contributed by atoms with Crippen molar-refractivity contribution < 1.29 is 9.90 Å². The van der Waals surface area contributed by atoms with Crippen molar-refractivity contribution in [3.05, 3.63) is 24.0 Å². The van der Waals surface area contributed by atoms with Gasteiger partial charge in [-0.15, -0.1) is 0 Å². The number of aromatic carboxylic acids is 1. The highest BCUT2D eigenvalue weighted by Gasteiger charge is 2.14. The normalized spacial score (nSPS) is 20.4. The molecule has 1 unspecified atom stereocenters. The summed E-state index contributed by atoms with van der Waals surface area (Å²) in [6, 6.07) is 3.84. The van der Waals surface area contributed by atoms with E-state index in [-0.39, 0.29) is 5.69 Å². The number of anilines is 1. The monoisotopic (exact) mass is 238 g/mol. The van der Waals surface area contributed by atoms with Crippen LogP contribution in [0.4, 0.5) is 5.69 Å². The standard InChI is InChI=1S/C11H14N2O2S/c14-11(15)10-6-8(3-4-12-10)13-9-2-1-5-16-7-9/h3-4,6,9H,1-2,5,7H2,(H,12,13)(H,14,15). The van der Waals surface area contributed by atoms with Crippen LogP contribution in [0.25, 0.3) is 0 Å². The topological polar surface area (TPSA) is 62.2 Å². The lowest BCUT2D eigenvalue weighted by Gasteiger charge is -2.23. The molecule has 0 bridgehead atoms. The second-order valence-corrected chi connectivity index (χ2v) is 4.94. The van der Waals surface area contributed by atoms with Crippen LogP contribution in [0, 0.1) is 0 Å². The Balaban J connectivity index is 2.02. The predicted molar refractivity (Wildman–Crippen MR) is 65.2 cm³/mol. The lowest BCUT2D eigenvalue weighted by Crippen LogP contribution is -2.25. The number of aromatic nitrogens is 1. The molecule has 16 heavy (non-hydrogen) atoms. The number of nitrogens with one attached hydrogen (secondary N) is 1. The molecule has 1 aromatic rings. The Morgan fingerprint density at radius 1 is 1.62 bits per heavy atom. The average Bonchev–Trinajstić information content (AvgIpc) is 2.30. The second kappa shape index (κ2) is 5.21. The summed E-state index contributed by atoms with van der Waals surface area (Å²) in [5.74, 6) is 1.33. The maximum atomic E-state index is 10.8. The third-order valence-electron chi connectivity index (χ3n) is 2.51. The molecule has 0 aromatic carbocycles. The molecule has 1 aromatic heterocycles. The first-order valence-corrected chi connectivity index (χ1v) is 6.45. The Hall–Kier alpha value is -1.23. The van der Waals surface area contributed by atoms with E-state index in [1.807, 2.05) is 17.8 Å². The summed E-state index contributed by atoms with van der Waals surface area (Å²) in [5.41, 5.74) is 0.938. The van der Waals surface area contributed by atoms with Gasteiger partial charge in [0.15, 0.2) is 0 Å². The Morgan fingerprint density at radius 2 is 2.50 bits per heavy atom. The average molecular weight is 238 g/mol. The summed E-state index contributed by atoms with van der Waals surface area (Å²) in [6.45, 7) is 0. The van der Waals surface area contributed by atoms with Gasteiger partial charge in [0, 0.05) is 23.7 Å². The highest BCUT2D eigenvalue weighted by molar-refractivity contribution is 7.99. The van der Waals surface area contributed by atoms with E-state index < -0.39 is 5.97 Å². The van der Waals surface area contributed by atoms with E-state index in [9.17, 15) is 4.79 Å². The fourth-order valence-corrected chi connectivity index (χ4v) is 2.80. The zero-order chi connectivity index (χ0) is 11.4. The lowest BCUT2D eigenvalue weighted by atomic mass is 10.2. The molecule has 2 rings (SSSR count). The molecule has 4 nitrogen and oxygen atoms in total. The van der Waals surface area contributed by atoms with Crippen molar-refractivity contribution in [1.29, 1.82) is 0 Å². The van der Waals surface area contributed by atoms with E-state index in [2.05, 4.69) is 10.3 Å². The number of pyridine rings is 1. The summed E-state index contributed by atoms with van der Waals surface area (Å²) in [5, 5.41) is 12.2. The molecule has 0 amide bonds. The van der Waals surface area contributed by atoms with Crippen molar-refractivity contribution in [3.8, 4) is 0 Å². The van der Waals surface area contributed by atoms with Crippen LogP contribution in [0.3, 0.4) is 0 Å². The number of carboxylic acid groups (broad SMARTS) is 1. The van der Waals surface area contributed by atoms with Crippen LogP contribution in [-0.4, -0.2) is 33.6 Å². The van der Waals surface area contributed by atoms with Crippen molar-refractivity contribution >= 4 is 23.4 Å². The van der Waals surface area contributed by atoms with Gasteiger partial charge in [0.2, 0.25) is 0 Å². The first-order chi connectivity index (χ1) is 7.75. The lowest BCUT2D eigenvalue weighted by molar-refractivity contribution is 0.0690. The number of rotatable bonds is 3. The van der Waals surface area contributed by atoms with Gasteiger partial charge in [-0.05, 0) is 30.7 Å². The SMILES string of the molecule is O=C(O)c1cc(NC2CCCSC2)ccn1. The number of hydrogen-bond acceptors (Lipinski definition) is 4. The first-order valence-electron chi connectivity index (χ1n) is 5.29. The molecule has 1 atom stereocenters. The first kappa shape index (κ1) is 11.3. The minimum absolute atomic E-state index is 0.0912. The zero-order valence-electron chi connectivity index (χ0n) is 8.85. The van der Waals surface area contributed by atoms with Gasteiger partial charge in [0.25, 0.3) is 0 Å². The molecule has 0 saturated carbocycles. The van der Waals surface area contributed by atoms with Crippen molar-refractivity contribution in [1.82, 2.24) is 4.98 Å². The van der Waals surface area contributed by atoms with E-state index in [4.69, 9.17) is 5.11 Å². The van der Waals surface area contributed by atoms with E-state index >= 15 is 0 Å². The smallest absolute Gasteiger partial charge is 0.354 e. The summed E-state index contributed by atoms with van der Waals surface area (Å²) in [6.07, 6.45) is 3.90. The summed E-state index contributed by atoms with van der Waals surface area (Å²) < 4.78 is 0. The second-order valence-electron chi connectivity index (χ2n) is 3.79. The maximum Gasteiger partial charge on any atom is 0.354 e. The number of hydrogen-bond donors (Lipinski definition) is 2. The van der Waals surface area contributed by atoms with Gasteiger partial charge in [-0.2, -0.15) is 11.8 Å². The fourth-order valence-electron chi connectivity index (χ4n) is 1.73. The van der Waals surface area contributed by atoms with Gasteiger partial charge >= 0.3 is 5.97 Å². The Labute approximate surface area is 98.5 Å². The van der Waals surface area contributed by atoms with E-state index in [0.717, 1.165) is 17.9 Å². The van der Waals surface area contributed by atoms with Crippen molar-refractivity contribution in [2.75, 3.05) is 16.8 Å². The highest BCUT2D eigenvalue weighted by atomic mass is 32.2. The van der Waals surface area contributed by atoms with Gasteiger partial charge in [0.1, 0.15) is 5.69 Å². The molecule has 1 aliphatic heterocycles. The van der Waals surface area contributed by atoms with Crippen LogP contribution in [0.2, 0.25) is 0 Å². The molecule has 0 radical (unpaired) electrons. The minimum Gasteiger partial charge on any atom is -0.477 e. The van der Waals surface area contributed by atoms with Crippen LogP contribution in [0.1, 0.15) is 23.3 Å². The number of carboxylic acids is 1. The summed E-state index contributed by atoms with van der Waals surface area (Å²) in [4.78, 5) is 14.5. The van der Waals surface area contributed by atoms with Gasteiger partial charge < -0.3 is 10.4 Å². The van der Waals surface area contributed by atoms with E-state index in [1.54, 1.807) is 6.07 Å². The quantitative estimate of drug-likeness (QED) is 0.844. The molecule has 2 N–H and O–H groups in total. The fraction of sp³-hybridized carbons (Fsp3) is 0.455. The Kier molecular flexibility index (Phi) is 3.66. The molecule has 1 fully saturated rings. The molecule has 1 aliphatic rings. The van der Waals surface area contributed by atoms with Crippen molar-refractivity contribution in [3.63, 3.8) is 0 Å². The van der Waals surface area contributed by atoms with Gasteiger partial charge in [-0.25, -0.2) is 9.78 Å². The third-order valence-corrected chi connectivity index (χ3v) is 3.73. The number of carbonyl (C=O) groups is 1. The van der Waals surface area contributed by atoms with Gasteiger partial charge in [-0.1, -0.05) is 0 Å². The Morgan fingerprint density at radius 3 is 3.19 bits per heavy atom. The summed E-state index contributed by atoms with van der Waals surface area (Å²) >= 11 is 1.94. The third kappa shape index (κ3) is 2.88. The van der Waals surface area contributed by atoms with Crippen molar-refractivity contribution in [2.45, 2.75) is 18.9 Å². The highest BCUT2D eigenvalue weighted by Crippen LogP contribution is 2.20. The summed E-state index contributed by atoms with van der Waals surface area (Å²) in [7, 11) is 0. The molecule has 2 heterocycles. The largest absolute Gasteiger partial charge is 0.477 e. The number of nitrogens with zero attached hydrogens (tertiary/aromatic N) is 1.